The molecule has 1 N–H and O–H groups in total. The summed E-state index contributed by atoms with van der Waals surface area (Å²) in [6.45, 7) is 0.890. The van der Waals surface area contributed by atoms with Crippen molar-refractivity contribution in [2.75, 3.05) is 11.6 Å². The van der Waals surface area contributed by atoms with Crippen LogP contribution in [0.25, 0.3) is 0 Å². The number of hydrogen-bond donors (Lipinski definition) is 1. The Balaban J connectivity index is 1.54. The smallest absolute Gasteiger partial charge is 0.248 e. The molecule has 4 nitrogen and oxygen atoms in total. The fourth-order valence-corrected chi connectivity index (χ4v) is 2.26. The Labute approximate surface area is 130 Å². The molecule has 1 atom stereocenters. The zero-order valence-electron chi connectivity index (χ0n) is 12.2. The van der Waals surface area contributed by atoms with Crippen molar-refractivity contribution in [3.05, 3.63) is 78.5 Å². The van der Waals surface area contributed by atoms with Crippen LogP contribution in [0.2, 0.25) is 0 Å². The van der Waals surface area contributed by atoms with Crippen LogP contribution in [0.4, 0.5) is 5.69 Å². The Kier molecular flexibility index (Phi) is 4.51. The SMILES string of the molecule is O=C1NN(c2ccccc2)C=CC1COCc1ccccc1. The van der Waals surface area contributed by atoms with E-state index in [1.54, 1.807) is 5.01 Å². The summed E-state index contributed by atoms with van der Waals surface area (Å²) in [5.41, 5.74) is 4.89. The molecule has 3 rings (SSSR count). The van der Waals surface area contributed by atoms with Gasteiger partial charge < -0.3 is 4.74 Å². The van der Waals surface area contributed by atoms with E-state index in [0.29, 0.717) is 13.2 Å². The molecular formula is C18H18N2O2. The predicted octanol–water partition coefficient (Wildman–Crippen LogP) is 2.88. The molecule has 22 heavy (non-hydrogen) atoms. The van der Waals surface area contributed by atoms with Crippen molar-refractivity contribution in [1.82, 2.24) is 5.43 Å². The van der Waals surface area contributed by atoms with Crippen LogP contribution >= 0.6 is 0 Å². The van der Waals surface area contributed by atoms with Gasteiger partial charge in [0.2, 0.25) is 5.91 Å². The quantitative estimate of drug-likeness (QED) is 0.922. The van der Waals surface area contributed by atoms with Crippen LogP contribution in [0.3, 0.4) is 0 Å². The average Bonchev–Trinajstić information content (AvgIpc) is 2.58. The minimum Gasteiger partial charge on any atom is -0.376 e. The Hall–Kier alpha value is -2.59. The minimum absolute atomic E-state index is 0.0561. The molecule has 4 heteroatoms. The Morgan fingerprint density at radius 2 is 1.68 bits per heavy atom. The fraction of sp³-hybridized carbons (Fsp3) is 0.167. The molecule has 0 saturated carbocycles. The highest BCUT2D eigenvalue weighted by molar-refractivity contribution is 5.84. The van der Waals surface area contributed by atoms with Crippen LogP contribution in [0.1, 0.15) is 5.56 Å². The van der Waals surface area contributed by atoms with E-state index in [2.05, 4.69) is 5.43 Å². The molecule has 112 valence electrons. The van der Waals surface area contributed by atoms with Crippen LogP contribution in [0.5, 0.6) is 0 Å². The topological polar surface area (TPSA) is 41.6 Å². The highest BCUT2D eigenvalue weighted by Crippen LogP contribution is 2.16. The zero-order chi connectivity index (χ0) is 15.2. The number of ether oxygens (including phenoxy) is 1. The van der Waals surface area contributed by atoms with Gasteiger partial charge in [0.15, 0.2) is 0 Å². The summed E-state index contributed by atoms with van der Waals surface area (Å²) in [5.74, 6) is -0.317. The number of rotatable bonds is 5. The standard InChI is InChI=1S/C18H18N2O2/c21-18-16(14-22-13-15-7-3-1-4-8-15)11-12-20(19-18)17-9-5-2-6-10-17/h1-12,16H,13-14H2,(H,19,21). The second-order valence-electron chi connectivity index (χ2n) is 5.13. The Morgan fingerprint density at radius 3 is 2.36 bits per heavy atom. The van der Waals surface area contributed by atoms with Gasteiger partial charge in [-0.1, -0.05) is 54.6 Å². The summed E-state index contributed by atoms with van der Waals surface area (Å²) >= 11 is 0. The van der Waals surface area contributed by atoms with Crippen molar-refractivity contribution in [1.29, 1.82) is 0 Å². The van der Waals surface area contributed by atoms with Crippen LogP contribution in [-0.2, 0) is 16.1 Å². The number of hydrazine groups is 1. The third kappa shape index (κ3) is 3.54. The molecule has 1 heterocycles. The molecule has 1 amide bonds. The van der Waals surface area contributed by atoms with Crippen molar-refractivity contribution < 1.29 is 9.53 Å². The second-order valence-corrected chi connectivity index (χ2v) is 5.13. The summed E-state index contributed by atoms with van der Waals surface area (Å²) in [4.78, 5) is 12.1. The van der Waals surface area contributed by atoms with Crippen molar-refractivity contribution in [2.45, 2.75) is 6.61 Å². The minimum atomic E-state index is -0.260. The average molecular weight is 294 g/mol. The van der Waals surface area contributed by atoms with Crippen LogP contribution in [0.15, 0.2) is 72.9 Å². The van der Waals surface area contributed by atoms with Gasteiger partial charge in [0.1, 0.15) is 0 Å². The lowest BCUT2D eigenvalue weighted by Crippen LogP contribution is -2.46. The van der Waals surface area contributed by atoms with Gasteiger partial charge in [0, 0.05) is 6.20 Å². The summed E-state index contributed by atoms with van der Waals surface area (Å²) in [7, 11) is 0. The molecule has 1 unspecified atom stereocenters. The van der Waals surface area contributed by atoms with Gasteiger partial charge in [-0.2, -0.15) is 0 Å². The molecule has 0 bridgehead atoms. The first kappa shape index (κ1) is 14.4. The molecule has 0 aliphatic carbocycles. The van der Waals surface area contributed by atoms with E-state index in [0.717, 1.165) is 11.3 Å². The van der Waals surface area contributed by atoms with Gasteiger partial charge in [-0.25, -0.2) is 0 Å². The van der Waals surface area contributed by atoms with Gasteiger partial charge in [0.05, 0.1) is 24.8 Å². The van der Waals surface area contributed by atoms with E-state index in [9.17, 15) is 4.79 Å². The van der Waals surface area contributed by atoms with Gasteiger partial charge in [0.25, 0.3) is 0 Å². The third-order valence-corrected chi connectivity index (χ3v) is 3.48. The lowest BCUT2D eigenvalue weighted by molar-refractivity contribution is -0.125. The highest BCUT2D eigenvalue weighted by atomic mass is 16.5. The van der Waals surface area contributed by atoms with Crippen LogP contribution < -0.4 is 10.4 Å². The van der Waals surface area contributed by atoms with Crippen molar-refractivity contribution in [3.8, 4) is 0 Å². The number of nitrogens with one attached hydrogen (secondary N) is 1. The maximum atomic E-state index is 12.1. The number of nitrogens with zero attached hydrogens (tertiary/aromatic N) is 1. The number of para-hydroxylation sites is 1. The predicted molar refractivity (Wildman–Crippen MR) is 85.8 cm³/mol. The monoisotopic (exact) mass is 294 g/mol. The first-order valence-electron chi connectivity index (χ1n) is 7.28. The van der Waals surface area contributed by atoms with Gasteiger partial charge >= 0.3 is 0 Å². The Bertz CT molecular complexity index is 641. The van der Waals surface area contributed by atoms with E-state index in [-0.39, 0.29) is 11.8 Å². The van der Waals surface area contributed by atoms with E-state index < -0.39 is 0 Å². The summed E-state index contributed by atoms with van der Waals surface area (Å²) in [6.07, 6.45) is 3.74. The van der Waals surface area contributed by atoms with E-state index in [4.69, 9.17) is 4.74 Å². The summed E-state index contributed by atoms with van der Waals surface area (Å²) in [5, 5.41) is 1.72. The molecule has 2 aromatic rings. The van der Waals surface area contributed by atoms with Crippen molar-refractivity contribution in [3.63, 3.8) is 0 Å². The van der Waals surface area contributed by atoms with Gasteiger partial charge in [-0.15, -0.1) is 0 Å². The molecule has 0 saturated heterocycles. The molecule has 0 radical (unpaired) electrons. The zero-order valence-corrected chi connectivity index (χ0v) is 12.2. The molecule has 1 aliphatic rings. The molecular weight excluding hydrogens is 276 g/mol. The number of hydrogen-bond acceptors (Lipinski definition) is 3. The number of carbonyl (C=O) groups excluding carboxylic acids is 1. The van der Waals surface area contributed by atoms with E-state index >= 15 is 0 Å². The highest BCUT2D eigenvalue weighted by Gasteiger charge is 2.22. The fourth-order valence-electron chi connectivity index (χ4n) is 2.26. The molecule has 0 spiro atoms. The molecule has 2 aromatic carbocycles. The van der Waals surface area contributed by atoms with Crippen molar-refractivity contribution in [2.24, 2.45) is 5.92 Å². The van der Waals surface area contributed by atoms with Crippen LogP contribution in [-0.4, -0.2) is 12.5 Å². The summed E-state index contributed by atoms with van der Waals surface area (Å²) < 4.78 is 5.64. The van der Waals surface area contributed by atoms with E-state index in [1.165, 1.54) is 0 Å². The molecule has 1 aliphatic heterocycles. The second kappa shape index (κ2) is 6.91. The maximum Gasteiger partial charge on any atom is 0.248 e. The van der Waals surface area contributed by atoms with Crippen molar-refractivity contribution >= 4 is 11.6 Å². The Morgan fingerprint density at radius 1 is 1.00 bits per heavy atom. The van der Waals surface area contributed by atoms with Gasteiger partial charge in [-0.3, -0.25) is 15.2 Å². The largest absolute Gasteiger partial charge is 0.376 e. The first-order valence-corrected chi connectivity index (χ1v) is 7.28. The third-order valence-electron chi connectivity index (χ3n) is 3.48. The maximum absolute atomic E-state index is 12.1. The van der Waals surface area contributed by atoms with Gasteiger partial charge in [-0.05, 0) is 17.7 Å². The number of anilines is 1. The van der Waals surface area contributed by atoms with Crippen LogP contribution in [0, 0.1) is 5.92 Å². The molecule has 0 fully saturated rings. The molecule has 0 aromatic heterocycles. The number of carbonyl (C=O) groups is 1. The number of amides is 1. The normalized spacial score (nSPS) is 17.4. The first-order chi connectivity index (χ1) is 10.8. The lowest BCUT2D eigenvalue weighted by Gasteiger charge is -2.28. The summed E-state index contributed by atoms with van der Waals surface area (Å²) in [6, 6.07) is 19.6. The lowest BCUT2D eigenvalue weighted by atomic mass is 10.1. The van der Waals surface area contributed by atoms with E-state index in [1.807, 2.05) is 72.9 Å². The number of benzene rings is 2.